The molecule has 1 aromatic heterocycles. The molecule has 1 atom stereocenters. The highest BCUT2D eigenvalue weighted by molar-refractivity contribution is 7.56. The van der Waals surface area contributed by atoms with E-state index in [-0.39, 0.29) is 12.6 Å². The van der Waals surface area contributed by atoms with E-state index in [0.29, 0.717) is 18.1 Å². The van der Waals surface area contributed by atoms with Crippen LogP contribution in [0.25, 0.3) is 0 Å². The van der Waals surface area contributed by atoms with Gasteiger partial charge in [0, 0.05) is 19.1 Å². The number of rotatable bonds is 7. The molecule has 1 N–H and O–H groups in total. The Hall–Kier alpha value is -0.950. The largest absolute Gasteiger partial charge is 0.434 e. The fourth-order valence-corrected chi connectivity index (χ4v) is 2.43. The zero-order chi connectivity index (χ0) is 13.8. The van der Waals surface area contributed by atoms with Crippen LogP contribution in [0.2, 0.25) is 0 Å². The number of hydrogen-bond acceptors (Lipinski definition) is 5. The van der Waals surface area contributed by atoms with E-state index in [1.165, 1.54) is 24.5 Å². The molecule has 0 aromatic carbocycles. The molecule has 0 saturated carbocycles. The van der Waals surface area contributed by atoms with E-state index >= 15 is 0 Å². The van der Waals surface area contributed by atoms with Crippen molar-refractivity contribution < 1.29 is 14.0 Å². The monoisotopic (exact) mass is 296 g/mol. The van der Waals surface area contributed by atoms with Crippen LogP contribution in [0.15, 0.2) is 6.20 Å². The fourth-order valence-electron chi connectivity index (χ4n) is 1.22. The van der Waals surface area contributed by atoms with E-state index in [2.05, 4.69) is 10.1 Å². The average Bonchev–Trinajstić information content (AvgIpc) is 2.66. The summed E-state index contributed by atoms with van der Waals surface area (Å²) in [5.74, 6) is 0.0338. The molecule has 0 aliphatic rings. The first-order valence-corrected chi connectivity index (χ1v) is 7.66. The molecule has 0 aliphatic heterocycles. The maximum atomic E-state index is 11.8. The van der Waals surface area contributed by atoms with Gasteiger partial charge >= 0.3 is 5.95 Å². The molecule has 1 unspecified atom stereocenters. The zero-order valence-corrected chi connectivity index (χ0v) is 11.6. The summed E-state index contributed by atoms with van der Waals surface area (Å²) >= 11 is 5.46. The Labute approximate surface area is 109 Å². The van der Waals surface area contributed by atoms with Gasteiger partial charge in [-0.1, -0.05) is 4.98 Å². The molecule has 0 fully saturated rings. The van der Waals surface area contributed by atoms with E-state index in [4.69, 9.17) is 16.1 Å². The lowest BCUT2D eigenvalue weighted by atomic mass is 10.5. The highest BCUT2D eigenvalue weighted by Crippen LogP contribution is 2.38. The normalized spacial score (nSPS) is 14.4. The van der Waals surface area contributed by atoms with Crippen LogP contribution >= 0.6 is 19.1 Å². The standard InChI is InChI=1S/C8H14ClN4O4P/c1-12-7(5-10-8(12)13(14)15)6-17-18(2,16)11-4-3-9/h5H,3-4,6H2,1-2H3,(H,11,16). The average molecular weight is 297 g/mol. The van der Waals surface area contributed by atoms with Crippen molar-refractivity contribution in [3.05, 3.63) is 22.0 Å². The molecule has 0 bridgehead atoms. The summed E-state index contributed by atoms with van der Waals surface area (Å²) in [6.45, 7) is 1.76. The number of imidazole rings is 1. The predicted molar refractivity (Wildman–Crippen MR) is 66.9 cm³/mol. The van der Waals surface area contributed by atoms with Crippen molar-refractivity contribution in [1.29, 1.82) is 0 Å². The van der Waals surface area contributed by atoms with Crippen LogP contribution in [0.3, 0.4) is 0 Å². The third-order valence-electron chi connectivity index (χ3n) is 2.18. The summed E-state index contributed by atoms with van der Waals surface area (Å²) in [4.78, 5) is 13.6. The van der Waals surface area contributed by atoms with Gasteiger partial charge in [-0.2, -0.15) is 0 Å². The van der Waals surface area contributed by atoms with Crippen molar-refractivity contribution >= 4 is 25.1 Å². The first kappa shape index (κ1) is 15.1. The second-order valence-electron chi connectivity index (χ2n) is 3.58. The first-order chi connectivity index (χ1) is 8.37. The Morgan fingerprint density at radius 1 is 1.72 bits per heavy atom. The molecule has 0 saturated heterocycles. The van der Waals surface area contributed by atoms with Gasteiger partial charge in [0.2, 0.25) is 0 Å². The van der Waals surface area contributed by atoms with Crippen molar-refractivity contribution in [2.24, 2.45) is 7.05 Å². The van der Waals surface area contributed by atoms with Crippen molar-refractivity contribution in [2.75, 3.05) is 19.1 Å². The van der Waals surface area contributed by atoms with Crippen LogP contribution in [0.1, 0.15) is 5.69 Å². The molecule has 1 aromatic rings. The highest BCUT2D eigenvalue weighted by atomic mass is 35.5. The lowest BCUT2D eigenvalue weighted by molar-refractivity contribution is -0.396. The molecular formula is C8H14ClN4O4P. The van der Waals surface area contributed by atoms with Gasteiger partial charge in [-0.15, -0.1) is 11.6 Å². The Bertz CT molecular complexity index is 478. The molecule has 102 valence electrons. The number of hydrogen-bond donors (Lipinski definition) is 1. The summed E-state index contributed by atoms with van der Waals surface area (Å²) < 4.78 is 18.3. The number of nitrogens with one attached hydrogen (secondary N) is 1. The van der Waals surface area contributed by atoms with E-state index in [0.717, 1.165) is 0 Å². The first-order valence-electron chi connectivity index (χ1n) is 5.05. The van der Waals surface area contributed by atoms with Crippen LogP contribution < -0.4 is 5.09 Å². The number of alkyl halides is 1. The van der Waals surface area contributed by atoms with Crippen LogP contribution in [0, 0.1) is 10.1 Å². The predicted octanol–water partition coefficient (Wildman–Crippen LogP) is 1.50. The summed E-state index contributed by atoms with van der Waals surface area (Å²) in [7, 11) is -1.46. The highest BCUT2D eigenvalue weighted by Gasteiger charge is 2.21. The lowest BCUT2D eigenvalue weighted by Crippen LogP contribution is -2.14. The van der Waals surface area contributed by atoms with Crippen molar-refractivity contribution in [2.45, 2.75) is 6.61 Å². The molecule has 0 amide bonds. The quantitative estimate of drug-likeness (QED) is 0.354. The van der Waals surface area contributed by atoms with Gasteiger partial charge in [0.1, 0.15) is 18.5 Å². The summed E-state index contributed by atoms with van der Waals surface area (Å²) in [6.07, 6.45) is 1.32. The molecule has 1 heterocycles. The van der Waals surface area contributed by atoms with E-state index in [1.54, 1.807) is 0 Å². The topological polar surface area (TPSA) is 99.3 Å². The van der Waals surface area contributed by atoms with Crippen molar-refractivity contribution in [3.8, 4) is 0 Å². The molecule has 0 radical (unpaired) electrons. The minimum Gasteiger partial charge on any atom is -0.390 e. The number of aromatic nitrogens is 2. The van der Waals surface area contributed by atoms with E-state index < -0.39 is 12.4 Å². The lowest BCUT2D eigenvalue weighted by Gasteiger charge is -2.13. The van der Waals surface area contributed by atoms with Crippen LogP contribution in [0.4, 0.5) is 5.95 Å². The Kier molecular flexibility index (Phi) is 5.28. The van der Waals surface area contributed by atoms with Crippen molar-refractivity contribution in [3.63, 3.8) is 0 Å². The van der Waals surface area contributed by atoms with Gasteiger partial charge in [-0.25, -0.2) is 9.65 Å². The summed E-state index contributed by atoms with van der Waals surface area (Å²) in [5, 5.41) is 13.2. The van der Waals surface area contributed by atoms with Crippen LogP contribution in [-0.4, -0.2) is 33.6 Å². The van der Waals surface area contributed by atoms with Crippen molar-refractivity contribution in [1.82, 2.24) is 14.6 Å². The molecule has 8 nitrogen and oxygen atoms in total. The summed E-state index contributed by atoms with van der Waals surface area (Å²) in [5.41, 5.74) is 0.469. The van der Waals surface area contributed by atoms with Crippen LogP contribution in [-0.2, 0) is 22.7 Å². The van der Waals surface area contributed by atoms with Gasteiger partial charge < -0.3 is 14.6 Å². The number of halogens is 1. The van der Waals surface area contributed by atoms with E-state index in [9.17, 15) is 14.7 Å². The van der Waals surface area contributed by atoms with Crippen LogP contribution in [0.5, 0.6) is 0 Å². The van der Waals surface area contributed by atoms with Gasteiger partial charge in [-0.3, -0.25) is 4.57 Å². The Balaban J connectivity index is 2.64. The maximum Gasteiger partial charge on any atom is 0.434 e. The third kappa shape index (κ3) is 4.06. The maximum absolute atomic E-state index is 11.8. The SMILES string of the molecule is Cn1c(COP(C)(=O)NCCCl)cnc1[N+](=O)[O-]. The molecular weight excluding hydrogens is 283 g/mol. The molecule has 10 heteroatoms. The zero-order valence-electron chi connectivity index (χ0n) is 10.00. The van der Waals surface area contributed by atoms with Gasteiger partial charge in [0.25, 0.3) is 7.52 Å². The Morgan fingerprint density at radius 2 is 2.39 bits per heavy atom. The second kappa shape index (κ2) is 6.29. The van der Waals surface area contributed by atoms with Gasteiger partial charge in [0.15, 0.2) is 0 Å². The molecule has 18 heavy (non-hydrogen) atoms. The summed E-state index contributed by atoms with van der Waals surface area (Å²) in [6, 6.07) is 0. The smallest absolute Gasteiger partial charge is 0.390 e. The number of nitro groups is 1. The molecule has 1 rings (SSSR count). The fraction of sp³-hybridized carbons (Fsp3) is 0.625. The number of nitrogens with zero attached hydrogens (tertiary/aromatic N) is 3. The van der Waals surface area contributed by atoms with Gasteiger partial charge in [0.05, 0.1) is 7.05 Å². The minimum absolute atomic E-state index is 0.0274. The van der Waals surface area contributed by atoms with Gasteiger partial charge in [-0.05, 0) is 4.92 Å². The third-order valence-corrected chi connectivity index (χ3v) is 3.78. The molecule has 0 spiro atoms. The van der Waals surface area contributed by atoms with E-state index in [1.807, 2.05) is 0 Å². The second-order valence-corrected chi connectivity index (χ2v) is 6.23. The minimum atomic E-state index is -2.95. The molecule has 0 aliphatic carbocycles. The Morgan fingerprint density at radius 3 is 2.89 bits per heavy atom.